The van der Waals surface area contributed by atoms with Gasteiger partial charge in [0.15, 0.2) is 11.6 Å². The van der Waals surface area contributed by atoms with Gasteiger partial charge in [0.25, 0.3) is 0 Å². The van der Waals surface area contributed by atoms with Crippen LogP contribution in [0.4, 0.5) is 17.6 Å². The Morgan fingerprint density at radius 2 is 1.32 bits per heavy atom. The Balaban J connectivity index is 1.73. The van der Waals surface area contributed by atoms with E-state index in [2.05, 4.69) is 35.3 Å². The number of ether oxygens (including phenoxy) is 1. The molecule has 0 saturated carbocycles. The van der Waals surface area contributed by atoms with Gasteiger partial charge >= 0.3 is 6.61 Å². The molecule has 3 aromatic carbocycles. The first kappa shape index (κ1) is 22.0. The molecule has 3 rings (SSSR count). The maximum Gasteiger partial charge on any atom is 0.387 e. The molecule has 1 nitrogen and oxygen atoms in total. The molecule has 0 aliphatic carbocycles. The summed E-state index contributed by atoms with van der Waals surface area (Å²) >= 11 is 0. The van der Waals surface area contributed by atoms with Gasteiger partial charge in [0.2, 0.25) is 0 Å². The lowest BCUT2D eigenvalue weighted by molar-refractivity contribution is -0.0521. The zero-order valence-electron chi connectivity index (χ0n) is 16.7. The van der Waals surface area contributed by atoms with Gasteiger partial charge in [-0.3, -0.25) is 0 Å². The van der Waals surface area contributed by atoms with Crippen LogP contribution >= 0.6 is 0 Å². The normalized spacial score (nSPS) is 10.1. The second-order valence-electron chi connectivity index (χ2n) is 6.67. The molecule has 0 amide bonds. The summed E-state index contributed by atoms with van der Waals surface area (Å²) < 4.78 is 56.5. The van der Waals surface area contributed by atoms with E-state index in [9.17, 15) is 17.6 Å². The molecule has 0 aliphatic heterocycles. The Labute approximate surface area is 178 Å². The molecule has 0 unspecified atom stereocenters. The minimum Gasteiger partial charge on any atom is -0.432 e. The minimum atomic E-state index is -3.12. The molecule has 0 spiro atoms. The fraction of sp³-hybridized carbons (Fsp3) is 0.154. The Kier molecular flexibility index (Phi) is 7.35. The lowest BCUT2D eigenvalue weighted by Gasteiger charge is -2.05. The van der Waals surface area contributed by atoms with Gasteiger partial charge in [-0.15, -0.1) is 0 Å². The third-order valence-corrected chi connectivity index (χ3v) is 4.30. The van der Waals surface area contributed by atoms with Crippen LogP contribution in [0.5, 0.6) is 5.75 Å². The maximum atomic E-state index is 14.4. The summed E-state index contributed by atoms with van der Waals surface area (Å²) in [7, 11) is 0. The zero-order chi connectivity index (χ0) is 22.2. The van der Waals surface area contributed by atoms with Crippen LogP contribution in [0.2, 0.25) is 0 Å². The first-order chi connectivity index (χ1) is 14.9. The lowest BCUT2D eigenvalue weighted by Crippen LogP contribution is -2.03. The van der Waals surface area contributed by atoms with E-state index in [1.165, 1.54) is 23.8 Å². The molecular weight excluding hydrogens is 404 g/mol. The fourth-order valence-electron chi connectivity index (χ4n) is 2.79. The SMILES string of the molecule is CCCc1ccc(C#Cc2ccc(C#Cc3ccc(OC(F)F)c(F)c3)c(F)c2)cc1. The van der Waals surface area contributed by atoms with Crippen LogP contribution in [0.3, 0.4) is 0 Å². The molecule has 0 saturated heterocycles. The van der Waals surface area contributed by atoms with Crippen LogP contribution in [-0.4, -0.2) is 6.61 Å². The summed E-state index contributed by atoms with van der Waals surface area (Å²) in [6.45, 7) is -1.00. The third kappa shape index (κ3) is 6.39. The van der Waals surface area contributed by atoms with Crippen molar-refractivity contribution in [2.75, 3.05) is 0 Å². The van der Waals surface area contributed by atoms with Crippen molar-refractivity contribution in [1.82, 2.24) is 0 Å². The average molecular weight is 422 g/mol. The number of rotatable bonds is 4. The molecule has 156 valence electrons. The summed E-state index contributed by atoms with van der Waals surface area (Å²) in [5, 5.41) is 0. The molecule has 5 heteroatoms. The monoisotopic (exact) mass is 422 g/mol. The second-order valence-corrected chi connectivity index (χ2v) is 6.67. The van der Waals surface area contributed by atoms with Crippen LogP contribution in [0.1, 0.15) is 41.2 Å². The van der Waals surface area contributed by atoms with Gasteiger partial charge in [0.05, 0.1) is 5.56 Å². The van der Waals surface area contributed by atoms with Crippen LogP contribution in [0.25, 0.3) is 0 Å². The predicted molar refractivity (Wildman–Crippen MR) is 112 cm³/mol. The standard InChI is InChI=1S/C26H18F4O/c1-2-3-18-4-6-19(7-5-18)8-9-20-10-13-22(23(27)16-20)14-11-21-12-15-25(24(28)17-21)31-26(29)30/h4-7,10,12-13,15-17,26H,2-3H2,1H3. The van der Waals surface area contributed by atoms with E-state index in [0.29, 0.717) is 5.56 Å². The molecule has 0 heterocycles. The van der Waals surface area contributed by atoms with Gasteiger partial charge < -0.3 is 4.74 Å². The Bertz CT molecular complexity index is 1180. The molecule has 3 aromatic rings. The van der Waals surface area contributed by atoms with Gasteiger partial charge in [-0.2, -0.15) is 8.78 Å². The topological polar surface area (TPSA) is 9.23 Å². The number of hydrogen-bond acceptors (Lipinski definition) is 1. The number of halogens is 4. The van der Waals surface area contributed by atoms with Crippen LogP contribution < -0.4 is 4.74 Å². The average Bonchev–Trinajstić information content (AvgIpc) is 2.74. The molecule has 0 bridgehead atoms. The molecule has 0 radical (unpaired) electrons. The Morgan fingerprint density at radius 3 is 1.94 bits per heavy atom. The van der Waals surface area contributed by atoms with Gasteiger partial charge in [0.1, 0.15) is 5.82 Å². The molecule has 0 aliphatic rings. The van der Waals surface area contributed by atoms with Crippen molar-refractivity contribution in [2.45, 2.75) is 26.4 Å². The fourth-order valence-corrected chi connectivity index (χ4v) is 2.79. The molecule has 31 heavy (non-hydrogen) atoms. The summed E-state index contributed by atoms with van der Waals surface area (Å²) in [6, 6.07) is 15.7. The van der Waals surface area contributed by atoms with Crippen LogP contribution in [0.15, 0.2) is 60.7 Å². The Morgan fingerprint density at radius 1 is 0.742 bits per heavy atom. The molecular formula is C26H18F4O. The van der Waals surface area contributed by atoms with Crippen molar-refractivity contribution in [3.63, 3.8) is 0 Å². The third-order valence-electron chi connectivity index (χ3n) is 4.30. The van der Waals surface area contributed by atoms with E-state index in [-0.39, 0.29) is 11.1 Å². The maximum absolute atomic E-state index is 14.4. The van der Waals surface area contributed by atoms with Crippen molar-refractivity contribution in [2.24, 2.45) is 0 Å². The summed E-state index contributed by atoms with van der Waals surface area (Å²) in [6.07, 6.45) is 2.09. The van der Waals surface area contributed by atoms with Gasteiger partial charge in [-0.25, -0.2) is 8.78 Å². The second kappa shape index (κ2) is 10.4. The van der Waals surface area contributed by atoms with Crippen molar-refractivity contribution in [3.05, 3.63) is 100 Å². The number of hydrogen-bond donors (Lipinski definition) is 0. The number of benzene rings is 3. The van der Waals surface area contributed by atoms with Gasteiger partial charge in [0, 0.05) is 16.7 Å². The van der Waals surface area contributed by atoms with Crippen molar-refractivity contribution in [1.29, 1.82) is 0 Å². The number of aryl methyl sites for hydroxylation is 1. The summed E-state index contributed by atoms with van der Waals surface area (Å²) in [4.78, 5) is 0. The quantitative estimate of drug-likeness (QED) is 0.353. The van der Waals surface area contributed by atoms with E-state index in [1.54, 1.807) is 6.07 Å². The lowest BCUT2D eigenvalue weighted by atomic mass is 10.1. The van der Waals surface area contributed by atoms with Gasteiger partial charge in [-0.1, -0.05) is 49.2 Å². The molecule has 0 N–H and O–H groups in total. The zero-order valence-corrected chi connectivity index (χ0v) is 16.7. The highest BCUT2D eigenvalue weighted by Crippen LogP contribution is 2.20. The Hall–Kier alpha value is -3.70. The van der Waals surface area contributed by atoms with E-state index >= 15 is 0 Å². The van der Waals surface area contributed by atoms with Crippen LogP contribution in [0, 0.1) is 35.3 Å². The molecule has 0 atom stereocenters. The van der Waals surface area contributed by atoms with Gasteiger partial charge in [-0.05, 0) is 60.5 Å². The predicted octanol–water partition coefficient (Wildman–Crippen LogP) is 6.32. The van der Waals surface area contributed by atoms with E-state index in [1.807, 2.05) is 24.3 Å². The van der Waals surface area contributed by atoms with Crippen molar-refractivity contribution < 1.29 is 22.3 Å². The first-order valence-corrected chi connectivity index (χ1v) is 9.61. The minimum absolute atomic E-state index is 0.114. The van der Waals surface area contributed by atoms with E-state index < -0.39 is 24.0 Å². The first-order valence-electron chi connectivity index (χ1n) is 9.61. The van der Waals surface area contributed by atoms with Crippen LogP contribution in [-0.2, 0) is 6.42 Å². The highest BCUT2D eigenvalue weighted by molar-refractivity contribution is 5.49. The highest BCUT2D eigenvalue weighted by atomic mass is 19.3. The van der Waals surface area contributed by atoms with E-state index in [4.69, 9.17) is 0 Å². The number of alkyl halides is 2. The highest BCUT2D eigenvalue weighted by Gasteiger charge is 2.09. The van der Waals surface area contributed by atoms with Crippen molar-refractivity contribution in [3.8, 4) is 29.4 Å². The largest absolute Gasteiger partial charge is 0.432 e. The van der Waals surface area contributed by atoms with E-state index in [0.717, 1.165) is 30.5 Å². The van der Waals surface area contributed by atoms with Crippen molar-refractivity contribution >= 4 is 0 Å². The molecule has 0 fully saturated rings. The summed E-state index contributed by atoms with van der Waals surface area (Å²) in [5.41, 5.74) is 2.90. The molecule has 0 aromatic heterocycles. The summed E-state index contributed by atoms with van der Waals surface area (Å²) in [5.74, 6) is 9.03. The smallest absolute Gasteiger partial charge is 0.387 e.